The summed E-state index contributed by atoms with van der Waals surface area (Å²) in [6, 6.07) is 7.51. The third-order valence-electron chi connectivity index (χ3n) is 3.76. The van der Waals surface area contributed by atoms with E-state index < -0.39 is 23.8 Å². The number of hydrogen-bond acceptors (Lipinski definition) is 4. The van der Waals surface area contributed by atoms with Crippen molar-refractivity contribution < 1.29 is 24.5 Å². The Balaban J connectivity index is 2.39. The van der Waals surface area contributed by atoms with E-state index in [0.29, 0.717) is 5.69 Å². The summed E-state index contributed by atoms with van der Waals surface area (Å²) in [6.45, 7) is 7.29. The molecule has 1 aromatic rings. The number of aliphatic hydroxyl groups is 1. The topological polar surface area (TPSA) is 95.9 Å². The maximum Gasteiger partial charge on any atom is 0.412 e. The summed E-state index contributed by atoms with van der Waals surface area (Å²) in [5.74, 6) is -1.03. The molecule has 6 heteroatoms. The summed E-state index contributed by atoms with van der Waals surface area (Å²) < 4.78 is 5.20. The van der Waals surface area contributed by atoms with E-state index in [2.05, 4.69) is 5.32 Å². The number of hydrogen-bond donors (Lipinski definition) is 3. The van der Waals surface area contributed by atoms with Gasteiger partial charge in [-0.15, -0.1) is 0 Å². The molecule has 25 heavy (non-hydrogen) atoms. The van der Waals surface area contributed by atoms with Crippen LogP contribution < -0.4 is 5.32 Å². The van der Waals surface area contributed by atoms with Crippen LogP contribution in [0.4, 0.5) is 10.5 Å². The number of anilines is 1. The summed E-state index contributed by atoms with van der Waals surface area (Å²) in [5.41, 5.74) is 1.25. The molecule has 0 saturated carbocycles. The second-order valence-corrected chi connectivity index (χ2v) is 7.36. The standard InChI is InChI=1S/C19H29NO5/c1-13(16(21)12-17(22)23)6-5-7-14-8-10-15(11-9-14)20-18(24)25-19(2,3)4/h8-11,13,16,21H,5-7,12H2,1-4H3,(H,20,24)(H,22,23). The quantitative estimate of drug-likeness (QED) is 0.661. The zero-order valence-electron chi connectivity index (χ0n) is 15.4. The van der Waals surface area contributed by atoms with Gasteiger partial charge in [-0.3, -0.25) is 10.1 Å². The van der Waals surface area contributed by atoms with Crippen LogP contribution in [-0.4, -0.2) is 34.0 Å². The van der Waals surface area contributed by atoms with Gasteiger partial charge in [0.05, 0.1) is 12.5 Å². The van der Waals surface area contributed by atoms with Crippen LogP contribution in [0.2, 0.25) is 0 Å². The van der Waals surface area contributed by atoms with Crippen molar-refractivity contribution in [1.29, 1.82) is 0 Å². The van der Waals surface area contributed by atoms with Crippen molar-refractivity contribution in [2.75, 3.05) is 5.32 Å². The van der Waals surface area contributed by atoms with Crippen molar-refractivity contribution in [3.63, 3.8) is 0 Å². The molecule has 6 nitrogen and oxygen atoms in total. The fourth-order valence-corrected chi connectivity index (χ4v) is 2.38. The van der Waals surface area contributed by atoms with Crippen LogP contribution in [0.15, 0.2) is 24.3 Å². The second-order valence-electron chi connectivity index (χ2n) is 7.36. The molecule has 0 fully saturated rings. The Hall–Kier alpha value is -2.08. The predicted molar refractivity (Wildman–Crippen MR) is 96.7 cm³/mol. The van der Waals surface area contributed by atoms with E-state index in [9.17, 15) is 14.7 Å². The first kappa shape index (κ1) is 21.0. The number of rotatable bonds is 8. The molecule has 0 radical (unpaired) electrons. The first-order valence-corrected chi connectivity index (χ1v) is 8.55. The molecule has 0 heterocycles. The zero-order valence-corrected chi connectivity index (χ0v) is 15.4. The lowest BCUT2D eigenvalue weighted by Gasteiger charge is -2.19. The highest BCUT2D eigenvalue weighted by molar-refractivity contribution is 5.84. The average Bonchev–Trinajstić information content (AvgIpc) is 2.46. The van der Waals surface area contributed by atoms with E-state index in [1.54, 1.807) is 0 Å². The minimum atomic E-state index is -0.979. The van der Waals surface area contributed by atoms with E-state index in [4.69, 9.17) is 9.84 Å². The fraction of sp³-hybridized carbons (Fsp3) is 0.579. The number of ether oxygens (including phenoxy) is 1. The summed E-state index contributed by atoms with van der Waals surface area (Å²) in [6.07, 6.45) is 0.936. The van der Waals surface area contributed by atoms with E-state index in [1.165, 1.54) is 0 Å². The van der Waals surface area contributed by atoms with Crippen LogP contribution >= 0.6 is 0 Å². The number of carbonyl (C=O) groups is 2. The Morgan fingerprint density at radius 1 is 1.20 bits per heavy atom. The van der Waals surface area contributed by atoms with Gasteiger partial charge >= 0.3 is 12.1 Å². The minimum absolute atomic E-state index is 0.0517. The van der Waals surface area contributed by atoms with Crippen molar-refractivity contribution in [3.8, 4) is 0 Å². The lowest BCUT2D eigenvalue weighted by molar-refractivity contribution is -0.139. The zero-order chi connectivity index (χ0) is 19.0. The smallest absolute Gasteiger partial charge is 0.412 e. The molecule has 0 aliphatic rings. The second kappa shape index (κ2) is 9.42. The van der Waals surface area contributed by atoms with Crippen LogP contribution in [0.25, 0.3) is 0 Å². The SMILES string of the molecule is CC(CCCc1ccc(NC(=O)OC(C)(C)C)cc1)C(O)CC(=O)O. The number of carbonyl (C=O) groups excluding carboxylic acids is 1. The largest absolute Gasteiger partial charge is 0.481 e. The highest BCUT2D eigenvalue weighted by atomic mass is 16.6. The average molecular weight is 351 g/mol. The number of aliphatic carboxylic acids is 1. The molecule has 2 unspecified atom stereocenters. The number of benzene rings is 1. The van der Waals surface area contributed by atoms with E-state index in [-0.39, 0.29) is 12.3 Å². The van der Waals surface area contributed by atoms with Gasteiger partial charge in [0.2, 0.25) is 0 Å². The highest BCUT2D eigenvalue weighted by Crippen LogP contribution is 2.18. The molecule has 3 N–H and O–H groups in total. The van der Waals surface area contributed by atoms with Gasteiger partial charge in [-0.05, 0) is 63.6 Å². The predicted octanol–water partition coefficient (Wildman–Crippen LogP) is 3.83. The summed E-state index contributed by atoms with van der Waals surface area (Å²) >= 11 is 0. The Kier molecular flexibility index (Phi) is 7.90. The highest BCUT2D eigenvalue weighted by Gasteiger charge is 2.17. The molecule has 1 rings (SSSR count). The number of aliphatic hydroxyl groups excluding tert-OH is 1. The summed E-state index contributed by atoms with van der Waals surface area (Å²) in [5, 5.41) is 21.1. The molecule has 1 amide bonds. The number of aryl methyl sites for hydroxylation is 1. The third-order valence-corrected chi connectivity index (χ3v) is 3.76. The first-order chi connectivity index (χ1) is 11.6. The Bertz CT molecular complexity index is 562. The van der Waals surface area contributed by atoms with Crippen LogP contribution in [0.3, 0.4) is 0 Å². The summed E-state index contributed by atoms with van der Waals surface area (Å²) in [7, 11) is 0. The molecule has 0 spiro atoms. The van der Waals surface area contributed by atoms with Gasteiger partial charge in [-0.2, -0.15) is 0 Å². The minimum Gasteiger partial charge on any atom is -0.481 e. The fourth-order valence-electron chi connectivity index (χ4n) is 2.38. The van der Waals surface area contributed by atoms with Gasteiger partial charge in [0.25, 0.3) is 0 Å². The number of carboxylic acid groups (broad SMARTS) is 1. The van der Waals surface area contributed by atoms with Gasteiger partial charge in [0, 0.05) is 5.69 Å². The van der Waals surface area contributed by atoms with Gasteiger partial charge in [0.15, 0.2) is 0 Å². The molecule has 1 aromatic carbocycles. The normalized spacial score (nSPS) is 13.8. The van der Waals surface area contributed by atoms with Crippen molar-refractivity contribution in [3.05, 3.63) is 29.8 Å². The first-order valence-electron chi connectivity index (χ1n) is 8.55. The molecule has 0 aliphatic carbocycles. The maximum absolute atomic E-state index is 11.7. The Morgan fingerprint density at radius 2 is 1.80 bits per heavy atom. The molecular weight excluding hydrogens is 322 g/mol. The summed E-state index contributed by atoms with van der Waals surface area (Å²) in [4.78, 5) is 22.3. The van der Waals surface area contributed by atoms with Crippen LogP contribution in [0, 0.1) is 5.92 Å². The number of carboxylic acids is 1. The number of nitrogens with one attached hydrogen (secondary N) is 1. The van der Waals surface area contributed by atoms with Crippen molar-refractivity contribution in [1.82, 2.24) is 0 Å². The van der Waals surface area contributed by atoms with Crippen molar-refractivity contribution in [2.24, 2.45) is 5.92 Å². The van der Waals surface area contributed by atoms with Gasteiger partial charge in [-0.1, -0.05) is 19.1 Å². The lowest BCUT2D eigenvalue weighted by Crippen LogP contribution is -2.27. The van der Waals surface area contributed by atoms with Crippen LogP contribution in [0.1, 0.15) is 52.5 Å². The Morgan fingerprint density at radius 3 is 2.32 bits per heavy atom. The van der Waals surface area contributed by atoms with Crippen molar-refractivity contribution in [2.45, 2.75) is 65.1 Å². The van der Waals surface area contributed by atoms with Gasteiger partial charge in [0.1, 0.15) is 5.60 Å². The van der Waals surface area contributed by atoms with E-state index in [1.807, 2.05) is 52.0 Å². The molecule has 0 bridgehead atoms. The lowest BCUT2D eigenvalue weighted by atomic mass is 9.94. The van der Waals surface area contributed by atoms with Crippen molar-refractivity contribution >= 4 is 17.7 Å². The van der Waals surface area contributed by atoms with E-state index >= 15 is 0 Å². The van der Waals surface area contributed by atoms with E-state index in [0.717, 1.165) is 24.8 Å². The van der Waals surface area contributed by atoms with Gasteiger partial charge < -0.3 is 14.9 Å². The Labute approximate surface area is 149 Å². The van der Waals surface area contributed by atoms with Gasteiger partial charge in [-0.25, -0.2) is 4.79 Å². The molecule has 2 atom stereocenters. The third kappa shape index (κ3) is 9.10. The van der Waals surface area contributed by atoms with Crippen LogP contribution in [0.5, 0.6) is 0 Å². The molecule has 0 saturated heterocycles. The van der Waals surface area contributed by atoms with Crippen LogP contribution in [-0.2, 0) is 16.0 Å². The molecule has 0 aromatic heterocycles. The maximum atomic E-state index is 11.7. The molecule has 0 aliphatic heterocycles. The monoisotopic (exact) mass is 351 g/mol. The number of amides is 1. The molecule has 140 valence electrons. The molecular formula is C19H29NO5.